The molecule has 2 aromatic heterocycles. The first kappa shape index (κ1) is 17.2. The zero-order chi connectivity index (χ0) is 19.1. The molecule has 0 saturated heterocycles. The molecule has 0 unspecified atom stereocenters. The lowest BCUT2D eigenvalue weighted by Gasteiger charge is -2.03. The van der Waals surface area contributed by atoms with Crippen LogP contribution < -0.4 is 4.74 Å². The van der Waals surface area contributed by atoms with Crippen molar-refractivity contribution in [1.29, 1.82) is 0 Å². The van der Waals surface area contributed by atoms with Gasteiger partial charge in [0.05, 0.1) is 6.20 Å². The highest BCUT2D eigenvalue weighted by atomic mass is 35.5. The van der Waals surface area contributed by atoms with Crippen LogP contribution in [0.1, 0.15) is 11.1 Å². The van der Waals surface area contributed by atoms with E-state index in [1.165, 1.54) is 24.4 Å². The Morgan fingerprint density at radius 1 is 1.07 bits per heavy atom. The number of rotatable bonds is 3. The first-order valence-corrected chi connectivity index (χ1v) is 8.33. The van der Waals surface area contributed by atoms with Crippen LogP contribution in [-0.4, -0.2) is 15.0 Å². The summed E-state index contributed by atoms with van der Waals surface area (Å²) >= 11 is 5.81. The van der Waals surface area contributed by atoms with Gasteiger partial charge in [-0.15, -0.1) is 0 Å². The monoisotopic (exact) mass is 384 g/mol. The normalized spacial score (nSPS) is 11.1. The second kappa shape index (κ2) is 6.51. The fourth-order valence-corrected chi connectivity index (χ4v) is 2.87. The summed E-state index contributed by atoms with van der Waals surface area (Å²) < 4.78 is 24.5. The van der Waals surface area contributed by atoms with Crippen molar-refractivity contribution in [3.63, 3.8) is 0 Å². The van der Waals surface area contributed by atoms with Gasteiger partial charge >= 0.3 is 6.01 Å². The van der Waals surface area contributed by atoms with Crippen LogP contribution in [-0.2, 0) is 5.11 Å². The number of aromatic nitrogens is 3. The summed E-state index contributed by atoms with van der Waals surface area (Å²) in [5, 5.41) is 12.1. The molecule has 0 atom stereocenters. The van der Waals surface area contributed by atoms with Crippen molar-refractivity contribution in [3.05, 3.63) is 58.5 Å². The SMILES string of the molecule is Cc1cc(-c2nc3cnc(Oc4cc(F)cc(Cl)c4)nc3o2)cc(C)c1[O]. The molecule has 0 aliphatic rings. The number of benzene rings is 2. The Morgan fingerprint density at radius 2 is 1.81 bits per heavy atom. The molecule has 27 heavy (non-hydrogen) atoms. The van der Waals surface area contributed by atoms with Crippen LogP contribution in [0.15, 0.2) is 40.9 Å². The van der Waals surface area contributed by atoms with Crippen molar-refractivity contribution >= 4 is 22.8 Å². The maximum atomic E-state index is 13.4. The third-order valence-corrected chi connectivity index (χ3v) is 4.10. The maximum absolute atomic E-state index is 13.4. The average molecular weight is 385 g/mol. The molecule has 0 amide bonds. The molecule has 0 N–H and O–H groups in total. The zero-order valence-electron chi connectivity index (χ0n) is 14.3. The van der Waals surface area contributed by atoms with E-state index >= 15 is 0 Å². The van der Waals surface area contributed by atoms with Crippen LogP contribution in [0, 0.1) is 19.7 Å². The fraction of sp³-hybridized carbons (Fsp3) is 0.105. The van der Waals surface area contributed by atoms with Crippen LogP contribution >= 0.6 is 11.6 Å². The third-order valence-electron chi connectivity index (χ3n) is 3.88. The van der Waals surface area contributed by atoms with Gasteiger partial charge in [0.15, 0.2) is 5.75 Å². The Morgan fingerprint density at radius 3 is 2.52 bits per heavy atom. The Balaban J connectivity index is 1.69. The first-order chi connectivity index (χ1) is 12.9. The molecule has 1 radical (unpaired) electrons. The minimum atomic E-state index is -0.534. The summed E-state index contributed by atoms with van der Waals surface area (Å²) in [5.74, 6) is -0.0694. The highest BCUT2D eigenvalue weighted by Gasteiger charge is 2.15. The summed E-state index contributed by atoms with van der Waals surface area (Å²) in [4.78, 5) is 12.5. The molecular weight excluding hydrogens is 373 g/mol. The van der Waals surface area contributed by atoms with Crippen molar-refractivity contribution < 1.29 is 18.7 Å². The lowest BCUT2D eigenvalue weighted by Crippen LogP contribution is -1.92. The van der Waals surface area contributed by atoms with Gasteiger partial charge in [-0.3, -0.25) is 5.11 Å². The number of nitrogens with zero attached hydrogens (tertiary/aromatic N) is 3. The lowest BCUT2D eigenvalue weighted by atomic mass is 10.1. The smallest absolute Gasteiger partial charge is 0.325 e. The highest BCUT2D eigenvalue weighted by Crippen LogP contribution is 2.31. The summed E-state index contributed by atoms with van der Waals surface area (Å²) in [6.45, 7) is 3.47. The number of oxazole rings is 1. The molecular formula is C19H12ClFN3O3. The molecule has 8 heteroatoms. The summed E-state index contributed by atoms with van der Waals surface area (Å²) in [6, 6.07) is 7.16. The van der Waals surface area contributed by atoms with Gasteiger partial charge in [0, 0.05) is 16.7 Å². The average Bonchev–Trinajstić information content (AvgIpc) is 3.01. The predicted molar refractivity (Wildman–Crippen MR) is 96.1 cm³/mol. The van der Waals surface area contributed by atoms with Gasteiger partial charge in [0.25, 0.3) is 5.71 Å². The molecule has 0 aliphatic heterocycles. The molecule has 135 valence electrons. The molecule has 0 spiro atoms. The van der Waals surface area contributed by atoms with E-state index in [0.29, 0.717) is 28.1 Å². The van der Waals surface area contributed by atoms with E-state index in [0.717, 1.165) is 0 Å². The standard InChI is InChI=1S/C19H12ClFN3O3/c1-9-3-11(4-10(2)16(9)25)17-23-15-8-22-19(24-18(15)27-17)26-14-6-12(20)5-13(21)7-14/h3-8H,1-2H3. The molecule has 0 bridgehead atoms. The summed E-state index contributed by atoms with van der Waals surface area (Å²) in [7, 11) is 0. The van der Waals surface area contributed by atoms with E-state index in [1.807, 2.05) is 0 Å². The molecule has 4 rings (SSSR count). The number of fused-ring (bicyclic) bond motifs is 1. The largest absolute Gasteiger partial charge is 0.424 e. The quantitative estimate of drug-likeness (QED) is 0.457. The molecule has 2 heterocycles. The summed E-state index contributed by atoms with van der Waals surface area (Å²) in [6.07, 6.45) is 1.44. The molecule has 6 nitrogen and oxygen atoms in total. The Labute approximate surface area is 158 Å². The second-order valence-corrected chi connectivity index (χ2v) is 6.44. The second-order valence-electron chi connectivity index (χ2n) is 6.01. The summed E-state index contributed by atoms with van der Waals surface area (Å²) in [5.41, 5.74) is 2.51. The number of hydrogen-bond acceptors (Lipinski definition) is 5. The lowest BCUT2D eigenvalue weighted by molar-refractivity contribution is 0.348. The molecule has 0 fully saturated rings. The minimum Gasteiger partial charge on any atom is -0.424 e. The van der Waals surface area contributed by atoms with E-state index in [1.54, 1.807) is 26.0 Å². The molecule has 0 saturated carbocycles. The fourth-order valence-electron chi connectivity index (χ4n) is 2.66. The van der Waals surface area contributed by atoms with E-state index in [4.69, 9.17) is 20.8 Å². The van der Waals surface area contributed by atoms with Gasteiger partial charge in [-0.2, -0.15) is 4.98 Å². The third kappa shape index (κ3) is 3.41. The van der Waals surface area contributed by atoms with Crippen molar-refractivity contribution in [1.82, 2.24) is 15.0 Å². The maximum Gasteiger partial charge on any atom is 0.325 e. The van der Waals surface area contributed by atoms with Gasteiger partial charge < -0.3 is 9.15 Å². The van der Waals surface area contributed by atoms with Gasteiger partial charge in [-0.1, -0.05) is 11.6 Å². The van der Waals surface area contributed by atoms with Gasteiger partial charge in [-0.25, -0.2) is 14.4 Å². The number of hydrogen-bond donors (Lipinski definition) is 0. The Hall–Kier alpha value is -3.19. The van der Waals surface area contributed by atoms with E-state index in [9.17, 15) is 9.50 Å². The topological polar surface area (TPSA) is 80.9 Å². The number of aryl methyl sites for hydroxylation is 2. The van der Waals surface area contributed by atoms with E-state index in [-0.39, 0.29) is 28.2 Å². The highest BCUT2D eigenvalue weighted by molar-refractivity contribution is 6.30. The predicted octanol–water partition coefficient (Wildman–Crippen LogP) is 5.63. The number of halogens is 2. The van der Waals surface area contributed by atoms with Crippen molar-refractivity contribution in [2.75, 3.05) is 0 Å². The molecule has 0 aliphatic carbocycles. The Kier molecular flexibility index (Phi) is 4.16. The molecule has 2 aromatic carbocycles. The van der Waals surface area contributed by atoms with Crippen LogP contribution in [0.2, 0.25) is 5.02 Å². The number of ether oxygens (including phenoxy) is 1. The minimum absolute atomic E-state index is 0.0147. The Bertz CT molecular complexity index is 1130. The van der Waals surface area contributed by atoms with E-state index in [2.05, 4.69) is 15.0 Å². The zero-order valence-corrected chi connectivity index (χ0v) is 15.0. The van der Waals surface area contributed by atoms with Crippen molar-refractivity contribution in [2.24, 2.45) is 0 Å². The van der Waals surface area contributed by atoms with Crippen LogP contribution in [0.4, 0.5) is 4.39 Å². The van der Waals surface area contributed by atoms with E-state index < -0.39 is 5.82 Å². The van der Waals surface area contributed by atoms with Crippen LogP contribution in [0.3, 0.4) is 0 Å². The van der Waals surface area contributed by atoms with Gasteiger partial charge in [-0.05, 0) is 49.2 Å². The van der Waals surface area contributed by atoms with Crippen LogP contribution in [0.5, 0.6) is 17.5 Å². The van der Waals surface area contributed by atoms with Crippen LogP contribution in [0.25, 0.3) is 22.7 Å². The van der Waals surface area contributed by atoms with Gasteiger partial charge in [0.1, 0.15) is 17.1 Å². The van der Waals surface area contributed by atoms with Crippen molar-refractivity contribution in [2.45, 2.75) is 13.8 Å². The van der Waals surface area contributed by atoms with Crippen molar-refractivity contribution in [3.8, 4) is 29.0 Å². The molecule has 4 aromatic rings. The first-order valence-electron chi connectivity index (χ1n) is 7.95. The van der Waals surface area contributed by atoms with Gasteiger partial charge in [0.2, 0.25) is 5.89 Å².